The number of nitrogens with one attached hydrogen (secondary N) is 3. The zero-order valence-electron chi connectivity index (χ0n) is 15.1. The highest BCUT2D eigenvalue weighted by atomic mass is 16.7. The molecule has 0 bridgehead atoms. The minimum atomic E-state index is -1.17. The monoisotopic (exact) mass is 391 g/mol. The summed E-state index contributed by atoms with van der Waals surface area (Å²) in [5.41, 5.74) is 11.9. The zero-order chi connectivity index (χ0) is 21.0. The lowest BCUT2D eigenvalue weighted by molar-refractivity contribution is 0.0530. The van der Waals surface area contributed by atoms with Crippen LogP contribution in [0.4, 0.5) is 10.5 Å². The molecule has 0 aromatic heterocycles. The van der Waals surface area contributed by atoms with Crippen LogP contribution in [0, 0.1) is 10.8 Å². The summed E-state index contributed by atoms with van der Waals surface area (Å²) in [4.78, 5) is 24.0. The molecule has 3 rings (SSSR count). The number of hydrogen-bond acceptors (Lipinski definition) is 6. The van der Waals surface area contributed by atoms with Crippen LogP contribution in [0.5, 0.6) is 5.75 Å². The molecule has 0 radical (unpaired) electrons. The van der Waals surface area contributed by atoms with E-state index >= 15 is 0 Å². The zero-order valence-corrected chi connectivity index (χ0v) is 15.1. The maximum Gasteiger partial charge on any atom is 0.521 e. The summed E-state index contributed by atoms with van der Waals surface area (Å²) in [5.74, 6) is -0.959. The number of nitrogen functional groups attached to an aromatic ring is 1. The molecule has 146 valence electrons. The van der Waals surface area contributed by atoms with Gasteiger partial charge >= 0.3 is 12.1 Å². The fraction of sp³-hybridized carbons (Fsp3) is 0. The quantitative estimate of drug-likeness (QED) is 0.150. The Morgan fingerprint density at radius 2 is 1.45 bits per heavy atom. The molecule has 3 aromatic carbocycles. The van der Waals surface area contributed by atoms with Gasteiger partial charge in [-0.05, 0) is 53.2 Å². The van der Waals surface area contributed by atoms with Crippen LogP contribution in [0.15, 0.2) is 60.7 Å². The lowest BCUT2D eigenvalue weighted by Gasteiger charge is -2.07. The van der Waals surface area contributed by atoms with E-state index in [2.05, 4.69) is 5.32 Å². The Balaban J connectivity index is 1.65. The van der Waals surface area contributed by atoms with E-state index in [1.807, 2.05) is 0 Å². The van der Waals surface area contributed by atoms with Crippen molar-refractivity contribution in [2.75, 3.05) is 5.32 Å². The second-order valence-electron chi connectivity index (χ2n) is 6.00. The molecule has 0 unspecified atom stereocenters. The molecular weight excluding hydrogens is 374 g/mol. The van der Waals surface area contributed by atoms with Crippen molar-refractivity contribution in [3.8, 4) is 5.75 Å². The molecule has 0 saturated carbocycles. The van der Waals surface area contributed by atoms with E-state index in [1.54, 1.807) is 36.4 Å². The Morgan fingerprint density at radius 1 is 0.828 bits per heavy atom. The predicted molar refractivity (Wildman–Crippen MR) is 108 cm³/mol. The molecule has 0 atom stereocenters. The summed E-state index contributed by atoms with van der Waals surface area (Å²) in [6.45, 7) is 0. The topological polar surface area (TPSA) is 164 Å². The molecule has 9 heteroatoms. The van der Waals surface area contributed by atoms with E-state index in [9.17, 15) is 9.59 Å². The Labute approximate surface area is 165 Å². The lowest BCUT2D eigenvalue weighted by Crippen LogP contribution is -2.20. The minimum Gasteiger partial charge on any atom is -0.395 e. The molecule has 0 fully saturated rings. The molecule has 0 aliphatic heterocycles. The average molecular weight is 391 g/mol. The normalized spacial score (nSPS) is 10.2. The Hall–Kier alpha value is -4.40. The molecule has 7 N–H and O–H groups in total. The number of fused-ring (bicyclic) bond motifs is 1. The number of esters is 1. The highest BCUT2D eigenvalue weighted by Gasteiger charge is 2.15. The molecule has 0 aliphatic carbocycles. The number of ether oxygens (including phenoxy) is 2. The smallest absolute Gasteiger partial charge is 0.395 e. The van der Waals surface area contributed by atoms with Crippen molar-refractivity contribution in [2.45, 2.75) is 0 Å². The predicted octanol–water partition coefficient (Wildman–Crippen LogP) is 2.79. The van der Waals surface area contributed by atoms with E-state index in [0.29, 0.717) is 11.3 Å². The van der Waals surface area contributed by atoms with Gasteiger partial charge in [0.1, 0.15) is 11.6 Å². The summed E-state index contributed by atoms with van der Waals surface area (Å²) >= 11 is 0. The van der Waals surface area contributed by atoms with E-state index in [0.717, 1.165) is 10.8 Å². The largest absolute Gasteiger partial charge is 0.521 e. The molecule has 0 aliphatic rings. The molecule has 0 amide bonds. The van der Waals surface area contributed by atoms with Gasteiger partial charge < -0.3 is 26.3 Å². The van der Waals surface area contributed by atoms with Crippen LogP contribution < -0.4 is 21.5 Å². The highest BCUT2D eigenvalue weighted by molar-refractivity contribution is 5.99. The van der Waals surface area contributed by atoms with E-state index in [-0.39, 0.29) is 23.1 Å². The average Bonchev–Trinajstić information content (AvgIpc) is 2.67. The third-order valence-corrected chi connectivity index (χ3v) is 3.90. The highest BCUT2D eigenvalue weighted by Crippen LogP contribution is 2.22. The molecule has 0 heterocycles. The van der Waals surface area contributed by atoms with Gasteiger partial charge in [-0.25, -0.2) is 9.59 Å². The van der Waals surface area contributed by atoms with Crippen molar-refractivity contribution in [1.82, 2.24) is 0 Å². The van der Waals surface area contributed by atoms with Crippen LogP contribution in [0.1, 0.15) is 15.9 Å². The van der Waals surface area contributed by atoms with Crippen LogP contribution in [0.2, 0.25) is 0 Å². The number of amidine groups is 1. The van der Waals surface area contributed by atoms with Crippen LogP contribution in [-0.2, 0) is 4.74 Å². The summed E-state index contributed by atoms with van der Waals surface area (Å²) in [6.07, 6.45) is -1.17. The van der Waals surface area contributed by atoms with Crippen molar-refractivity contribution in [3.05, 3.63) is 71.8 Å². The number of carbonyl (C=O) groups is 2. The number of hydrogen-bond donors (Lipinski definition) is 5. The first-order valence-electron chi connectivity index (χ1n) is 8.35. The SMILES string of the molecule is N=C(N)Nc1ccc(C(=O)OC(=O)Oc2ccc3cc(C(=N)N)ccc3c2)cc1. The van der Waals surface area contributed by atoms with Crippen molar-refractivity contribution in [3.63, 3.8) is 0 Å². The number of rotatable bonds is 4. The molecular formula is C20H17N5O4. The van der Waals surface area contributed by atoms with Crippen LogP contribution in [0.3, 0.4) is 0 Å². The van der Waals surface area contributed by atoms with Crippen LogP contribution in [0.25, 0.3) is 10.8 Å². The molecule has 29 heavy (non-hydrogen) atoms. The van der Waals surface area contributed by atoms with Crippen molar-refractivity contribution in [1.29, 1.82) is 10.8 Å². The van der Waals surface area contributed by atoms with Crippen molar-refractivity contribution in [2.24, 2.45) is 11.5 Å². The number of nitrogens with two attached hydrogens (primary N) is 2. The summed E-state index contributed by atoms with van der Waals surface area (Å²) in [5, 5.41) is 18.8. The second-order valence-corrected chi connectivity index (χ2v) is 6.00. The molecule has 0 spiro atoms. The van der Waals surface area contributed by atoms with E-state index in [1.165, 1.54) is 24.3 Å². The number of benzene rings is 3. The van der Waals surface area contributed by atoms with Crippen LogP contribution >= 0.6 is 0 Å². The summed E-state index contributed by atoms with van der Waals surface area (Å²) < 4.78 is 9.75. The fourth-order valence-electron chi connectivity index (χ4n) is 2.55. The Bertz CT molecular complexity index is 1130. The van der Waals surface area contributed by atoms with Gasteiger partial charge in [-0.2, -0.15) is 0 Å². The van der Waals surface area contributed by atoms with Gasteiger partial charge in [0.05, 0.1) is 5.56 Å². The Morgan fingerprint density at radius 3 is 2.10 bits per heavy atom. The van der Waals surface area contributed by atoms with Gasteiger partial charge in [0.15, 0.2) is 5.96 Å². The fourth-order valence-corrected chi connectivity index (χ4v) is 2.55. The Kier molecular flexibility index (Phi) is 5.40. The first-order valence-corrected chi connectivity index (χ1v) is 8.35. The maximum atomic E-state index is 12.1. The standard InChI is InChI=1S/C20H17N5O4/c21-17(22)14-2-1-13-10-16(8-5-12(13)9-14)28-20(27)29-18(26)11-3-6-15(7-4-11)25-19(23)24/h1-10H,(H3,21,22)(H4,23,24,25). The molecule has 3 aromatic rings. The third-order valence-electron chi connectivity index (χ3n) is 3.90. The van der Waals surface area contributed by atoms with Gasteiger partial charge in [0.25, 0.3) is 0 Å². The number of guanidine groups is 1. The van der Waals surface area contributed by atoms with Gasteiger partial charge in [0, 0.05) is 11.3 Å². The maximum absolute atomic E-state index is 12.1. The second kappa shape index (κ2) is 8.09. The van der Waals surface area contributed by atoms with E-state index < -0.39 is 12.1 Å². The van der Waals surface area contributed by atoms with Gasteiger partial charge in [-0.1, -0.05) is 18.2 Å². The van der Waals surface area contributed by atoms with E-state index in [4.69, 9.17) is 31.8 Å². The van der Waals surface area contributed by atoms with Crippen LogP contribution in [-0.4, -0.2) is 23.9 Å². The first-order chi connectivity index (χ1) is 13.8. The number of carbonyl (C=O) groups excluding carboxylic acids is 2. The van der Waals surface area contributed by atoms with Crippen molar-refractivity contribution < 1.29 is 19.1 Å². The summed E-state index contributed by atoms with van der Waals surface area (Å²) in [7, 11) is 0. The summed E-state index contributed by atoms with van der Waals surface area (Å²) in [6, 6.07) is 15.9. The minimum absolute atomic E-state index is 0.0422. The van der Waals surface area contributed by atoms with Gasteiger partial charge in [-0.15, -0.1) is 0 Å². The van der Waals surface area contributed by atoms with Crippen molar-refractivity contribution >= 4 is 40.4 Å². The van der Waals surface area contributed by atoms with Gasteiger partial charge in [0.2, 0.25) is 0 Å². The third kappa shape index (κ3) is 4.86. The molecule has 9 nitrogen and oxygen atoms in total. The first kappa shape index (κ1) is 19.4. The molecule has 0 saturated heterocycles. The number of anilines is 1. The lowest BCUT2D eigenvalue weighted by atomic mass is 10.1. The van der Waals surface area contributed by atoms with Gasteiger partial charge in [-0.3, -0.25) is 10.8 Å².